The Balaban J connectivity index is 1.60. The Kier molecular flexibility index (Phi) is 5.37. The summed E-state index contributed by atoms with van der Waals surface area (Å²) in [6.07, 6.45) is 0. The maximum atomic E-state index is 10.5. The molecule has 0 spiro atoms. The van der Waals surface area contributed by atoms with Crippen molar-refractivity contribution in [3.8, 4) is 0 Å². The summed E-state index contributed by atoms with van der Waals surface area (Å²) >= 11 is 0. The molecular formula is C62H64BN3. The molecular weight excluding hydrogens is 798 g/mol. The van der Waals surface area contributed by atoms with E-state index in [1.807, 2.05) is 0 Å². The summed E-state index contributed by atoms with van der Waals surface area (Å²) in [7, 11) is 0. The fourth-order valence-electron chi connectivity index (χ4n) is 8.08. The highest BCUT2D eigenvalue weighted by Gasteiger charge is 2.45. The molecule has 2 aliphatic heterocycles. The number of fused-ring (bicyclic) bond motifs is 5. The third-order valence-electron chi connectivity index (χ3n) is 11.7. The molecule has 0 aliphatic carbocycles. The highest BCUT2D eigenvalue weighted by molar-refractivity contribution is 7.00. The van der Waals surface area contributed by atoms with Crippen LogP contribution in [0.4, 0.5) is 51.2 Å². The van der Waals surface area contributed by atoms with E-state index in [-0.39, 0.29) is 50.0 Å². The Labute approximate surface area is 431 Å². The second-order valence-electron chi connectivity index (χ2n) is 20.8. The normalized spacial score (nSPS) is 19.2. The first-order valence-electron chi connectivity index (χ1n) is 34.8. The highest BCUT2D eigenvalue weighted by Crippen LogP contribution is 2.49. The molecule has 0 saturated heterocycles. The Hall–Kier alpha value is -6.52. The molecule has 0 fully saturated rings. The van der Waals surface area contributed by atoms with Crippen molar-refractivity contribution >= 4 is 85.1 Å². The molecule has 0 aromatic heterocycles. The van der Waals surface area contributed by atoms with Crippen LogP contribution in [0.2, 0.25) is 0 Å². The van der Waals surface area contributed by atoms with Crippen molar-refractivity contribution in [1.82, 2.24) is 0 Å². The van der Waals surface area contributed by atoms with Crippen molar-refractivity contribution in [2.24, 2.45) is 0 Å². The van der Waals surface area contributed by atoms with Gasteiger partial charge in [0.1, 0.15) is 0 Å². The quantitative estimate of drug-likeness (QED) is 0.159. The molecule has 2 heterocycles. The fourth-order valence-corrected chi connectivity index (χ4v) is 8.08. The van der Waals surface area contributed by atoms with Crippen LogP contribution in [0.1, 0.15) is 141 Å². The van der Waals surface area contributed by atoms with Gasteiger partial charge in [0, 0.05) is 45.5 Å². The first kappa shape index (κ1) is 22.8. The fraction of sp³-hybridized carbons (Fsp3) is 0.258. The molecule has 8 aromatic rings. The van der Waals surface area contributed by atoms with Gasteiger partial charge in [-0.15, -0.1) is 0 Å². The summed E-state index contributed by atoms with van der Waals surface area (Å²) in [5, 5.41) is -1.25. The molecule has 10 rings (SSSR count). The van der Waals surface area contributed by atoms with Gasteiger partial charge < -0.3 is 14.7 Å². The molecule has 0 saturated carbocycles. The first-order valence-corrected chi connectivity index (χ1v) is 21.8. The van der Waals surface area contributed by atoms with Gasteiger partial charge in [0.2, 0.25) is 0 Å². The summed E-state index contributed by atoms with van der Waals surface area (Å²) in [6, 6.07) is -17.3. The molecule has 8 aromatic carbocycles. The van der Waals surface area contributed by atoms with E-state index in [2.05, 4.69) is 0 Å². The lowest BCUT2D eigenvalue weighted by molar-refractivity contribution is 0.590. The zero-order valence-electron chi connectivity index (χ0n) is 65.1. The molecule has 3 nitrogen and oxygen atoms in total. The molecule has 0 amide bonds. The van der Waals surface area contributed by atoms with Crippen LogP contribution < -0.4 is 31.1 Å². The van der Waals surface area contributed by atoms with Crippen LogP contribution >= 0.6 is 0 Å². The zero-order valence-corrected chi connectivity index (χ0v) is 39.1. The lowest BCUT2D eigenvalue weighted by Crippen LogP contribution is -2.61. The molecule has 0 N–H and O–H groups in total. The molecule has 0 unspecified atom stereocenters. The Morgan fingerprint density at radius 1 is 0.379 bits per heavy atom. The molecule has 0 atom stereocenters. The van der Waals surface area contributed by atoms with E-state index in [0.29, 0.717) is 0 Å². The minimum atomic E-state index is -1.67. The summed E-state index contributed by atoms with van der Waals surface area (Å²) in [4.78, 5) is 2.94. The molecule has 0 radical (unpaired) electrons. The average molecular weight is 888 g/mol. The Morgan fingerprint density at radius 3 is 1.26 bits per heavy atom. The van der Waals surface area contributed by atoms with Crippen molar-refractivity contribution in [3.63, 3.8) is 0 Å². The smallest absolute Gasteiger partial charge is 0.252 e. The number of benzene rings is 8. The predicted molar refractivity (Wildman–Crippen MR) is 287 cm³/mol. The minimum Gasteiger partial charge on any atom is -0.311 e. The lowest BCUT2D eigenvalue weighted by atomic mass is 9.33. The number of nitrogens with zero attached hydrogens (tertiary/aromatic N) is 3. The lowest BCUT2D eigenvalue weighted by Gasteiger charge is -2.45. The molecule has 4 heteroatoms. The van der Waals surface area contributed by atoms with E-state index in [1.165, 1.54) is 12.1 Å². The summed E-state index contributed by atoms with van der Waals surface area (Å²) in [6.45, 7) is 18.5. The SMILES string of the molecule is [2H]c1c([2H])c([2H])c(N(c2cc3c4c(c2)N(c2c([2H])c([2H])c(C(C)(C)C)c([2H])c2[2H])c2c([2H])c([2H])c(C(C)(C)C)c([2H])c2B4c2c([2H])c(C(C)(C)C)c([2H])c([2H])c2N3c2c([2H])c([2H])c(C(C)(C)C)c([2H])c2[2H])c2c([2H])c([2H])c3c([2H])c([2H])c([2H])c([2H])c3c2[2H])c([2H])c1[2H]. The van der Waals surface area contributed by atoms with Crippen LogP contribution in [0.25, 0.3) is 10.8 Å². The van der Waals surface area contributed by atoms with Crippen molar-refractivity contribution in [2.75, 3.05) is 14.7 Å². The van der Waals surface area contributed by atoms with Crippen LogP contribution in [0.3, 0.4) is 0 Å². The molecule has 330 valence electrons. The van der Waals surface area contributed by atoms with Crippen molar-refractivity contribution in [3.05, 3.63) is 191 Å². The topological polar surface area (TPSA) is 9.72 Å². The van der Waals surface area contributed by atoms with Crippen molar-refractivity contribution in [1.29, 1.82) is 0 Å². The first-order chi connectivity index (χ1) is 42.1. The van der Waals surface area contributed by atoms with Crippen LogP contribution in [0.5, 0.6) is 0 Å². The van der Waals surface area contributed by atoms with Crippen LogP contribution in [-0.4, -0.2) is 6.71 Å². The highest BCUT2D eigenvalue weighted by atomic mass is 15.2. The maximum Gasteiger partial charge on any atom is 0.252 e. The summed E-state index contributed by atoms with van der Waals surface area (Å²) < 4.78 is 251. The average Bonchev–Trinajstić information content (AvgIpc) is 0.675. The molecule has 66 heavy (non-hydrogen) atoms. The van der Waals surface area contributed by atoms with Gasteiger partial charge in [0.15, 0.2) is 0 Å². The number of rotatable bonds is 5. The monoisotopic (exact) mass is 888 g/mol. The minimum absolute atomic E-state index is 0.0173. The standard InChI is InChI=1S/C62H64BN3/c1-59(2,3)43-23-30-48(31-24-43)65-54-34-27-45(61(7,8)9)37-52(54)63-53-38-46(62(10,11)12)28-35-55(53)66(49-32-25-44(26-33-49)60(4,5)6)57-40-51(39-56(65)58(57)63)64(47-20-14-13-15-21-47)50-29-22-41-18-16-17-19-42(41)36-50/h13-40H,1-12H3/i13D,14D,15D,16D,17D,18D,19D,20D,21D,22D,23D,24D,25D,26D,27D,28D,29D,30D,31D,32D,33D,34D,35D,36D,37D,38D. The zero-order chi connectivity index (χ0) is 69.1. The van der Waals surface area contributed by atoms with Gasteiger partial charge in [-0.05, 0) is 144 Å². The van der Waals surface area contributed by atoms with E-state index in [0.717, 1.165) is 14.7 Å². The third kappa shape index (κ3) is 7.59. The van der Waals surface area contributed by atoms with Gasteiger partial charge in [-0.1, -0.05) is 180 Å². The number of hydrogen-bond acceptors (Lipinski definition) is 3. The largest absolute Gasteiger partial charge is 0.311 e. The summed E-state index contributed by atoms with van der Waals surface area (Å²) in [5.74, 6) is 0. The van der Waals surface area contributed by atoms with E-state index in [9.17, 15) is 26.0 Å². The van der Waals surface area contributed by atoms with Crippen molar-refractivity contribution < 1.29 is 35.6 Å². The third-order valence-corrected chi connectivity index (χ3v) is 11.7. The van der Waals surface area contributed by atoms with E-state index < -0.39 is 236 Å². The number of anilines is 9. The van der Waals surface area contributed by atoms with E-state index in [1.54, 1.807) is 83.1 Å². The van der Waals surface area contributed by atoms with Gasteiger partial charge in [0.05, 0.1) is 41.3 Å². The maximum absolute atomic E-state index is 10.5. The van der Waals surface area contributed by atoms with Crippen LogP contribution in [0.15, 0.2) is 169 Å². The van der Waals surface area contributed by atoms with Gasteiger partial charge in [-0.2, -0.15) is 0 Å². The Bertz CT molecular complexity index is 4390. The number of hydrogen-bond donors (Lipinski definition) is 0. The van der Waals surface area contributed by atoms with E-state index in [4.69, 9.17) is 9.60 Å². The van der Waals surface area contributed by atoms with Gasteiger partial charge in [-0.3, -0.25) is 0 Å². The van der Waals surface area contributed by atoms with Gasteiger partial charge in [-0.25, -0.2) is 0 Å². The predicted octanol–water partition coefficient (Wildman–Crippen LogP) is 15.6. The molecule has 2 aliphatic rings. The Morgan fingerprint density at radius 2 is 0.803 bits per heavy atom. The second-order valence-corrected chi connectivity index (χ2v) is 20.8. The summed E-state index contributed by atoms with van der Waals surface area (Å²) in [5.41, 5.74) is -10.2. The van der Waals surface area contributed by atoms with Gasteiger partial charge in [0.25, 0.3) is 6.71 Å². The number of para-hydroxylation sites is 1. The van der Waals surface area contributed by atoms with Crippen LogP contribution in [0, 0.1) is 0 Å². The van der Waals surface area contributed by atoms with Crippen LogP contribution in [-0.2, 0) is 21.7 Å². The van der Waals surface area contributed by atoms with E-state index >= 15 is 0 Å². The van der Waals surface area contributed by atoms with Crippen molar-refractivity contribution in [2.45, 2.75) is 105 Å². The second kappa shape index (κ2) is 15.5. The van der Waals surface area contributed by atoms with Gasteiger partial charge >= 0.3 is 0 Å². The molecule has 0 bridgehead atoms.